The van der Waals surface area contributed by atoms with E-state index < -0.39 is 10.0 Å². The van der Waals surface area contributed by atoms with Crippen LogP contribution in [0.2, 0.25) is 0 Å². The number of ether oxygens (including phenoxy) is 2. The number of sulfonamides is 1. The van der Waals surface area contributed by atoms with Gasteiger partial charge >= 0.3 is 0 Å². The molecule has 5 nitrogen and oxygen atoms in total. The molecule has 0 aliphatic rings. The second-order valence-corrected chi connectivity index (χ2v) is 8.67. The molecular weight excluding hydrogens is 386 g/mol. The van der Waals surface area contributed by atoms with E-state index in [-0.39, 0.29) is 12.4 Å². The Morgan fingerprint density at radius 3 is 1.69 bits per heavy atom. The van der Waals surface area contributed by atoms with Crippen molar-refractivity contribution in [2.75, 3.05) is 19.5 Å². The van der Waals surface area contributed by atoms with Gasteiger partial charge in [-0.1, -0.05) is 60.7 Å². The molecule has 152 valence electrons. The van der Waals surface area contributed by atoms with E-state index in [1.165, 1.54) is 4.31 Å². The van der Waals surface area contributed by atoms with Gasteiger partial charge in [0.2, 0.25) is 10.0 Å². The van der Waals surface area contributed by atoms with Crippen LogP contribution in [0.25, 0.3) is 0 Å². The molecule has 3 aromatic carbocycles. The van der Waals surface area contributed by atoms with Gasteiger partial charge in [-0.3, -0.25) is 0 Å². The monoisotopic (exact) mass is 411 g/mol. The third-order valence-corrected chi connectivity index (χ3v) is 6.19. The summed E-state index contributed by atoms with van der Waals surface area (Å²) >= 11 is 0. The second kappa shape index (κ2) is 10.1. The van der Waals surface area contributed by atoms with E-state index in [1.54, 1.807) is 31.4 Å². The van der Waals surface area contributed by atoms with Gasteiger partial charge in [-0.15, -0.1) is 0 Å². The maximum atomic E-state index is 13.1. The van der Waals surface area contributed by atoms with Gasteiger partial charge in [0, 0.05) is 13.1 Å². The predicted molar refractivity (Wildman–Crippen MR) is 114 cm³/mol. The summed E-state index contributed by atoms with van der Waals surface area (Å²) < 4.78 is 38.4. The van der Waals surface area contributed by atoms with Crippen LogP contribution in [0.5, 0.6) is 11.5 Å². The quantitative estimate of drug-likeness (QED) is 0.504. The van der Waals surface area contributed by atoms with Crippen molar-refractivity contribution in [2.45, 2.75) is 13.1 Å². The van der Waals surface area contributed by atoms with Gasteiger partial charge in [0.15, 0.2) is 0 Å². The average molecular weight is 412 g/mol. The van der Waals surface area contributed by atoms with Crippen molar-refractivity contribution in [3.63, 3.8) is 0 Å². The molecule has 0 N–H and O–H groups in total. The zero-order chi connectivity index (χ0) is 20.5. The van der Waals surface area contributed by atoms with Gasteiger partial charge in [0.1, 0.15) is 18.1 Å². The molecule has 0 aliphatic carbocycles. The van der Waals surface area contributed by atoms with Crippen molar-refractivity contribution in [3.05, 3.63) is 96.1 Å². The summed E-state index contributed by atoms with van der Waals surface area (Å²) in [6.07, 6.45) is 0. The maximum Gasteiger partial charge on any atom is 0.218 e. The van der Waals surface area contributed by atoms with Crippen molar-refractivity contribution < 1.29 is 17.9 Å². The highest BCUT2D eigenvalue weighted by atomic mass is 32.2. The molecule has 0 heterocycles. The molecule has 29 heavy (non-hydrogen) atoms. The highest BCUT2D eigenvalue weighted by molar-refractivity contribution is 7.89. The zero-order valence-electron chi connectivity index (χ0n) is 16.4. The molecule has 0 unspecified atom stereocenters. The Morgan fingerprint density at radius 2 is 1.21 bits per heavy atom. The van der Waals surface area contributed by atoms with Gasteiger partial charge in [-0.05, 0) is 35.4 Å². The SMILES string of the molecule is COc1ccc(OCCS(=O)(=O)N(Cc2ccccc2)Cc2ccccc2)cc1. The number of hydrogen-bond donors (Lipinski definition) is 0. The molecule has 0 radical (unpaired) electrons. The van der Waals surface area contributed by atoms with Crippen LogP contribution in [-0.2, 0) is 23.1 Å². The van der Waals surface area contributed by atoms with E-state index in [2.05, 4.69) is 0 Å². The van der Waals surface area contributed by atoms with E-state index >= 15 is 0 Å². The fourth-order valence-electron chi connectivity index (χ4n) is 2.89. The van der Waals surface area contributed by atoms with Crippen molar-refractivity contribution in [2.24, 2.45) is 0 Å². The largest absolute Gasteiger partial charge is 0.497 e. The van der Waals surface area contributed by atoms with Crippen molar-refractivity contribution in [1.29, 1.82) is 0 Å². The minimum absolute atomic E-state index is 0.0781. The third-order valence-electron chi connectivity index (χ3n) is 4.47. The Morgan fingerprint density at radius 1 is 0.724 bits per heavy atom. The van der Waals surface area contributed by atoms with Gasteiger partial charge < -0.3 is 9.47 Å². The van der Waals surface area contributed by atoms with E-state index in [4.69, 9.17) is 9.47 Å². The van der Waals surface area contributed by atoms with Crippen molar-refractivity contribution >= 4 is 10.0 Å². The lowest BCUT2D eigenvalue weighted by Gasteiger charge is -2.22. The molecule has 0 atom stereocenters. The molecule has 3 rings (SSSR count). The standard InChI is InChI=1S/C23H25NO4S/c1-27-22-12-14-23(15-13-22)28-16-17-29(25,26)24(18-20-8-4-2-5-9-20)19-21-10-6-3-7-11-21/h2-15H,16-19H2,1H3. The molecular formula is C23H25NO4S. The van der Waals surface area contributed by atoms with Crippen LogP contribution in [0.15, 0.2) is 84.9 Å². The van der Waals surface area contributed by atoms with Crippen LogP contribution >= 0.6 is 0 Å². The number of nitrogens with zero attached hydrogens (tertiary/aromatic N) is 1. The fraction of sp³-hybridized carbons (Fsp3) is 0.217. The maximum absolute atomic E-state index is 13.1. The molecule has 0 aliphatic heterocycles. The highest BCUT2D eigenvalue weighted by Crippen LogP contribution is 2.18. The van der Waals surface area contributed by atoms with Gasteiger partial charge in [-0.25, -0.2) is 8.42 Å². The normalized spacial score (nSPS) is 11.4. The van der Waals surface area contributed by atoms with E-state index in [1.807, 2.05) is 60.7 Å². The Balaban J connectivity index is 1.68. The van der Waals surface area contributed by atoms with E-state index in [0.29, 0.717) is 18.8 Å². The first-order valence-corrected chi connectivity index (χ1v) is 11.0. The van der Waals surface area contributed by atoms with Crippen molar-refractivity contribution in [3.8, 4) is 11.5 Å². The lowest BCUT2D eigenvalue weighted by atomic mass is 10.2. The minimum atomic E-state index is -3.52. The van der Waals surface area contributed by atoms with Crippen LogP contribution in [0.4, 0.5) is 0 Å². The number of methoxy groups -OCH3 is 1. The molecule has 0 fully saturated rings. The van der Waals surface area contributed by atoms with Crippen LogP contribution in [0.3, 0.4) is 0 Å². The summed E-state index contributed by atoms with van der Waals surface area (Å²) in [4.78, 5) is 0. The van der Waals surface area contributed by atoms with Crippen LogP contribution < -0.4 is 9.47 Å². The Hall–Kier alpha value is -2.83. The molecule has 0 saturated heterocycles. The fourth-order valence-corrected chi connectivity index (χ4v) is 4.14. The first-order chi connectivity index (χ1) is 14.1. The first-order valence-electron chi connectivity index (χ1n) is 9.39. The van der Waals surface area contributed by atoms with Crippen LogP contribution in [0, 0.1) is 0 Å². The van der Waals surface area contributed by atoms with Crippen molar-refractivity contribution in [1.82, 2.24) is 4.31 Å². The molecule has 0 saturated carbocycles. The lowest BCUT2D eigenvalue weighted by Crippen LogP contribution is -2.34. The first kappa shape index (κ1) is 20.9. The van der Waals surface area contributed by atoms with E-state index in [9.17, 15) is 8.42 Å². The molecule has 0 aromatic heterocycles. The summed E-state index contributed by atoms with van der Waals surface area (Å²) in [7, 11) is -1.92. The average Bonchev–Trinajstić information content (AvgIpc) is 2.75. The summed E-state index contributed by atoms with van der Waals surface area (Å²) in [5.74, 6) is 1.24. The zero-order valence-corrected chi connectivity index (χ0v) is 17.2. The highest BCUT2D eigenvalue weighted by Gasteiger charge is 2.23. The molecule has 0 spiro atoms. The molecule has 0 amide bonds. The topological polar surface area (TPSA) is 55.8 Å². The van der Waals surface area contributed by atoms with E-state index in [0.717, 1.165) is 16.9 Å². The lowest BCUT2D eigenvalue weighted by molar-refractivity contribution is 0.331. The second-order valence-electron chi connectivity index (χ2n) is 6.58. The summed E-state index contributed by atoms with van der Waals surface area (Å²) in [5, 5.41) is 0. The Kier molecular flexibility index (Phi) is 7.27. The van der Waals surface area contributed by atoms with Crippen LogP contribution in [0.1, 0.15) is 11.1 Å². The predicted octanol–water partition coefficient (Wildman–Crippen LogP) is 4.11. The number of rotatable bonds is 10. The summed E-state index contributed by atoms with van der Waals surface area (Å²) in [6, 6.07) is 26.3. The smallest absolute Gasteiger partial charge is 0.218 e. The molecule has 3 aromatic rings. The number of benzene rings is 3. The Labute approximate surface area is 172 Å². The van der Waals surface area contributed by atoms with Crippen LogP contribution in [-0.4, -0.2) is 32.2 Å². The summed E-state index contributed by atoms with van der Waals surface area (Å²) in [6.45, 7) is 0.718. The summed E-state index contributed by atoms with van der Waals surface area (Å²) in [5.41, 5.74) is 1.89. The minimum Gasteiger partial charge on any atom is -0.497 e. The van der Waals surface area contributed by atoms with Gasteiger partial charge in [0.05, 0.1) is 12.9 Å². The molecule has 0 bridgehead atoms. The Bertz CT molecular complexity index is 933. The van der Waals surface area contributed by atoms with Gasteiger partial charge in [-0.2, -0.15) is 4.31 Å². The molecule has 6 heteroatoms. The van der Waals surface area contributed by atoms with Gasteiger partial charge in [0.25, 0.3) is 0 Å². The third kappa shape index (κ3) is 6.34. The number of hydrogen-bond acceptors (Lipinski definition) is 4.